The van der Waals surface area contributed by atoms with Crippen LogP contribution in [-0.2, 0) is 4.74 Å². The lowest BCUT2D eigenvalue weighted by Gasteiger charge is -2.39. The Kier molecular flexibility index (Phi) is 4.40. The standard InChI is InChI=1S/C14H16BrNO6/c15-6-1-2-8-7(3-6)9(4-16-8)21-14-13(20)12(19)11(18)10(5-17)22-14/h1-4,10-14,16-20H,5H2/t10-,11+,12+,13+,14-/m1/s1. The van der Waals surface area contributed by atoms with Crippen LogP contribution in [0.25, 0.3) is 10.9 Å². The Balaban J connectivity index is 1.85. The molecule has 0 aliphatic carbocycles. The number of aromatic amines is 1. The van der Waals surface area contributed by atoms with Gasteiger partial charge < -0.3 is 34.9 Å². The van der Waals surface area contributed by atoms with Gasteiger partial charge in [0.1, 0.15) is 30.2 Å². The van der Waals surface area contributed by atoms with Crippen molar-refractivity contribution in [3.8, 4) is 5.75 Å². The van der Waals surface area contributed by atoms with E-state index < -0.39 is 37.3 Å². The number of aliphatic hydroxyl groups excluding tert-OH is 4. The van der Waals surface area contributed by atoms with E-state index in [2.05, 4.69) is 20.9 Å². The van der Waals surface area contributed by atoms with Gasteiger partial charge in [0.15, 0.2) is 0 Å². The van der Waals surface area contributed by atoms with Crippen LogP contribution in [0.1, 0.15) is 0 Å². The van der Waals surface area contributed by atoms with Gasteiger partial charge in [-0.3, -0.25) is 0 Å². The molecule has 22 heavy (non-hydrogen) atoms. The van der Waals surface area contributed by atoms with Crippen LogP contribution in [0.5, 0.6) is 5.75 Å². The molecule has 120 valence electrons. The summed E-state index contributed by atoms with van der Waals surface area (Å²) in [4.78, 5) is 3.02. The summed E-state index contributed by atoms with van der Waals surface area (Å²) in [7, 11) is 0. The second kappa shape index (κ2) is 6.15. The fourth-order valence-electron chi connectivity index (χ4n) is 2.45. The minimum Gasteiger partial charge on any atom is -0.460 e. The molecule has 0 amide bonds. The Labute approximate surface area is 134 Å². The van der Waals surface area contributed by atoms with Gasteiger partial charge in [0.2, 0.25) is 6.29 Å². The Bertz CT molecular complexity index is 660. The number of hydrogen-bond donors (Lipinski definition) is 5. The number of nitrogens with one attached hydrogen (secondary N) is 1. The second-order valence-electron chi connectivity index (χ2n) is 5.16. The second-order valence-corrected chi connectivity index (χ2v) is 6.07. The molecule has 1 aromatic carbocycles. The molecule has 1 aromatic heterocycles. The van der Waals surface area contributed by atoms with Crippen molar-refractivity contribution >= 4 is 26.8 Å². The van der Waals surface area contributed by atoms with Crippen molar-refractivity contribution in [2.45, 2.75) is 30.7 Å². The maximum atomic E-state index is 9.99. The van der Waals surface area contributed by atoms with E-state index in [1.54, 1.807) is 6.20 Å². The monoisotopic (exact) mass is 373 g/mol. The fraction of sp³-hybridized carbons (Fsp3) is 0.429. The van der Waals surface area contributed by atoms with Gasteiger partial charge in [0.25, 0.3) is 0 Å². The molecule has 5 atom stereocenters. The number of ether oxygens (including phenoxy) is 2. The number of rotatable bonds is 3. The van der Waals surface area contributed by atoms with Crippen LogP contribution in [0, 0.1) is 0 Å². The number of aromatic nitrogens is 1. The molecular weight excluding hydrogens is 358 g/mol. The van der Waals surface area contributed by atoms with Crippen LogP contribution >= 0.6 is 15.9 Å². The molecule has 1 aliphatic rings. The van der Waals surface area contributed by atoms with Gasteiger partial charge in [-0.1, -0.05) is 15.9 Å². The molecule has 0 bridgehead atoms. The topological polar surface area (TPSA) is 115 Å². The van der Waals surface area contributed by atoms with Crippen molar-refractivity contribution in [3.63, 3.8) is 0 Å². The summed E-state index contributed by atoms with van der Waals surface area (Å²) >= 11 is 3.37. The number of H-pyrrole nitrogens is 1. The average molecular weight is 374 g/mol. The predicted octanol–water partition coefficient (Wildman–Crippen LogP) is 0.109. The third-order valence-corrected chi connectivity index (χ3v) is 4.19. The number of aliphatic hydroxyl groups is 4. The normalized spacial score (nSPS) is 32.3. The third kappa shape index (κ3) is 2.73. The van der Waals surface area contributed by atoms with Gasteiger partial charge >= 0.3 is 0 Å². The summed E-state index contributed by atoms with van der Waals surface area (Å²) in [6, 6.07) is 5.57. The van der Waals surface area contributed by atoms with Crippen molar-refractivity contribution in [2.24, 2.45) is 0 Å². The summed E-state index contributed by atoms with van der Waals surface area (Å²) in [5, 5.41) is 39.4. The molecule has 1 fully saturated rings. The Morgan fingerprint density at radius 1 is 1.18 bits per heavy atom. The molecule has 5 N–H and O–H groups in total. The maximum absolute atomic E-state index is 9.99. The minimum absolute atomic E-state index is 0.431. The molecule has 0 unspecified atom stereocenters. The molecule has 1 saturated heterocycles. The van der Waals surface area contributed by atoms with Crippen molar-refractivity contribution < 1.29 is 29.9 Å². The fourth-order valence-corrected chi connectivity index (χ4v) is 2.82. The maximum Gasteiger partial charge on any atom is 0.229 e. The van der Waals surface area contributed by atoms with Crippen LogP contribution < -0.4 is 4.74 Å². The van der Waals surface area contributed by atoms with Gasteiger partial charge in [-0.25, -0.2) is 0 Å². The highest BCUT2D eigenvalue weighted by Gasteiger charge is 2.44. The van der Waals surface area contributed by atoms with Crippen LogP contribution in [-0.4, -0.2) is 62.7 Å². The van der Waals surface area contributed by atoms with Crippen LogP contribution in [0.4, 0.5) is 0 Å². The summed E-state index contributed by atoms with van der Waals surface area (Å²) in [6.45, 7) is -0.496. The van der Waals surface area contributed by atoms with Crippen LogP contribution in [0.15, 0.2) is 28.9 Å². The predicted molar refractivity (Wildman–Crippen MR) is 80.4 cm³/mol. The van der Waals surface area contributed by atoms with E-state index in [9.17, 15) is 20.4 Å². The minimum atomic E-state index is -1.46. The van der Waals surface area contributed by atoms with E-state index in [0.717, 1.165) is 15.4 Å². The smallest absolute Gasteiger partial charge is 0.229 e. The summed E-state index contributed by atoms with van der Waals surface area (Å²) in [5.74, 6) is 0.431. The largest absolute Gasteiger partial charge is 0.460 e. The summed E-state index contributed by atoms with van der Waals surface area (Å²) in [6.07, 6.45) is -4.90. The molecule has 0 saturated carbocycles. The molecule has 0 spiro atoms. The van der Waals surface area contributed by atoms with E-state index in [1.807, 2.05) is 18.2 Å². The molecule has 7 nitrogen and oxygen atoms in total. The molecular formula is C14H16BrNO6. The highest BCUT2D eigenvalue weighted by Crippen LogP contribution is 2.31. The van der Waals surface area contributed by atoms with E-state index in [1.165, 1.54) is 0 Å². The van der Waals surface area contributed by atoms with Crippen molar-refractivity contribution in [2.75, 3.05) is 6.61 Å². The Morgan fingerprint density at radius 3 is 2.68 bits per heavy atom. The van der Waals surface area contributed by atoms with Crippen molar-refractivity contribution in [3.05, 3.63) is 28.9 Å². The molecule has 0 radical (unpaired) electrons. The van der Waals surface area contributed by atoms with Gasteiger partial charge in [-0.2, -0.15) is 0 Å². The van der Waals surface area contributed by atoms with E-state index in [0.29, 0.717) is 5.75 Å². The lowest BCUT2D eigenvalue weighted by Crippen LogP contribution is -2.60. The highest BCUT2D eigenvalue weighted by molar-refractivity contribution is 9.10. The van der Waals surface area contributed by atoms with Crippen LogP contribution in [0.2, 0.25) is 0 Å². The number of halogens is 1. The highest BCUT2D eigenvalue weighted by atomic mass is 79.9. The molecule has 8 heteroatoms. The zero-order valence-corrected chi connectivity index (χ0v) is 13.0. The molecule has 1 aliphatic heterocycles. The SMILES string of the molecule is OC[C@H]1O[C@@H](Oc2c[nH]c3ccc(Br)cc23)[C@@H](O)[C@@H](O)[C@H]1O. The lowest BCUT2D eigenvalue weighted by molar-refractivity contribution is -0.277. The Morgan fingerprint density at radius 2 is 1.95 bits per heavy atom. The van der Waals surface area contributed by atoms with Gasteiger partial charge in [-0.15, -0.1) is 0 Å². The first kappa shape index (κ1) is 15.7. The first-order valence-electron chi connectivity index (χ1n) is 6.75. The Hall–Kier alpha value is -1.16. The number of benzene rings is 1. The first-order valence-corrected chi connectivity index (χ1v) is 7.54. The first-order chi connectivity index (χ1) is 10.5. The molecule has 2 aromatic rings. The van der Waals surface area contributed by atoms with E-state index >= 15 is 0 Å². The third-order valence-electron chi connectivity index (χ3n) is 3.70. The average Bonchev–Trinajstić information content (AvgIpc) is 2.90. The quantitative estimate of drug-likeness (QED) is 0.521. The van der Waals surface area contributed by atoms with Crippen molar-refractivity contribution in [1.82, 2.24) is 4.98 Å². The summed E-state index contributed by atoms with van der Waals surface area (Å²) < 4.78 is 11.8. The van der Waals surface area contributed by atoms with Crippen molar-refractivity contribution in [1.29, 1.82) is 0 Å². The molecule has 3 rings (SSSR count). The summed E-state index contributed by atoms with van der Waals surface area (Å²) in [5.41, 5.74) is 0.836. The number of hydrogen-bond acceptors (Lipinski definition) is 6. The van der Waals surface area contributed by atoms with E-state index in [-0.39, 0.29) is 0 Å². The van der Waals surface area contributed by atoms with Gasteiger partial charge in [0, 0.05) is 21.6 Å². The zero-order chi connectivity index (χ0) is 15.9. The number of fused-ring (bicyclic) bond motifs is 1. The van der Waals surface area contributed by atoms with E-state index in [4.69, 9.17) is 9.47 Å². The van der Waals surface area contributed by atoms with Crippen LogP contribution in [0.3, 0.4) is 0 Å². The lowest BCUT2D eigenvalue weighted by atomic mass is 9.99. The van der Waals surface area contributed by atoms with Gasteiger partial charge in [0.05, 0.1) is 6.61 Å². The van der Waals surface area contributed by atoms with Gasteiger partial charge in [-0.05, 0) is 18.2 Å². The zero-order valence-electron chi connectivity index (χ0n) is 11.4. The molecule has 2 heterocycles.